The van der Waals surface area contributed by atoms with E-state index in [0.29, 0.717) is 10.9 Å². The molecule has 0 saturated heterocycles. The molecule has 2 rings (SSSR count). The van der Waals surface area contributed by atoms with Gasteiger partial charge in [0.25, 0.3) is 0 Å². The van der Waals surface area contributed by atoms with Crippen LogP contribution in [-0.2, 0) is 9.59 Å². The molecule has 16 heavy (non-hydrogen) atoms. The first-order chi connectivity index (χ1) is 7.22. The Morgan fingerprint density at radius 1 is 1.56 bits per heavy atom. The summed E-state index contributed by atoms with van der Waals surface area (Å²) in [5, 5.41) is 0.881. The number of pyridine rings is 1. The third-order valence-corrected chi connectivity index (χ3v) is 2.11. The molecular weight excluding hydrogens is 259 g/mol. The molecule has 2 aromatic heterocycles. The first-order valence-electron chi connectivity index (χ1n) is 4.01. The summed E-state index contributed by atoms with van der Waals surface area (Å²) in [6, 6.07) is 1.63. The topological polar surface area (TPSA) is 72.1 Å². The Hall–Kier alpha value is -0.244. The van der Waals surface area contributed by atoms with Gasteiger partial charge in [-0.3, -0.25) is 4.79 Å². The molecule has 5 nitrogen and oxygen atoms in total. The summed E-state index contributed by atoms with van der Waals surface area (Å²) in [6.45, 7) is 0. The molecule has 0 aliphatic carbocycles. The molecule has 0 aliphatic heterocycles. The van der Waals surface area contributed by atoms with Crippen molar-refractivity contribution in [2.45, 2.75) is 0 Å². The fourth-order valence-electron chi connectivity index (χ4n) is 1.21. The summed E-state index contributed by atoms with van der Waals surface area (Å²) >= 11 is 5.79. The van der Waals surface area contributed by atoms with E-state index in [0.717, 1.165) is 0 Å². The zero-order valence-corrected chi connectivity index (χ0v) is 12.2. The Balaban J connectivity index is 0.00000128. The minimum atomic E-state index is -0.955. The van der Waals surface area contributed by atoms with Crippen molar-refractivity contribution in [3.63, 3.8) is 0 Å². The van der Waals surface area contributed by atoms with Crippen LogP contribution in [-0.4, -0.2) is 73.6 Å². The van der Waals surface area contributed by atoms with Crippen molar-refractivity contribution in [1.82, 2.24) is 9.97 Å². The molecule has 0 spiro atoms. The maximum atomic E-state index is 10.8. The molecule has 0 atom stereocenters. The number of ether oxygens (including phenoxy) is 1. The van der Waals surface area contributed by atoms with Gasteiger partial charge in [0.2, 0.25) is 6.29 Å². The first kappa shape index (κ1) is 13.8. The van der Waals surface area contributed by atoms with Crippen molar-refractivity contribution >= 4 is 86.1 Å². The third-order valence-electron chi connectivity index (χ3n) is 1.82. The summed E-state index contributed by atoms with van der Waals surface area (Å²) in [6.07, 6.45) is 3.03. The minimum absolute atomic E-state index is 0. The Kier molecular flexibility index (Phi) is 5.10. The van der Waals surface area contributed by atoms with Gasteiger partial charge in [-0.25, -0.2) is 9.78 Å². The predicted molar refractivity (Wildman–Crippen MR) is 58.6 cm³/mol. The Bertz CT molecular complexity index is 541. The van der Waals surface area contributed by atoms with E-state index in [2.05, 4.69) is 9.97 Å². The van der Waals surface area contributed by atoms with Crippen LogP contribution < -0.4 is 4.74 Å². The molecular formula is C9H5ClKN2O3. The molecule has 1 radical (unpaired) electrons. The fourth-order valence-corrected chi connectivity index (χ4v) is 1.42. The van der Waals surface area contributed by atoms with E-state index in [1.54, 1.807) is 6.07 Å². The van der Waals surface area contributed by atoms with Crippen LogP contribution in [0.25, 0.3) is 10.9 Å². The second kappa shape index (κ2) is 5.90. The molecule has 2 heterocycles. The number of nitrogens with zero attached hydrogens (tertiary/aromatic N) is 1. The van der Waals surface area contributed by atoms with Crippen LogP contribution in [0.5, 0.6) is 5.75 Å². The zero-order chi connectivity index (χ0) is 10.8. The van der Waals surface area contributed by atoms with Gasteiger partial charge in [0, 0.05) is 69.2 Å². The molecule has 7 heteroatoms. The number of aromatic amines is 1. The van der Waals surface area contributed by atoms with E-state index in [-0.39, 0.29) is 68.6 Å². The van der Waals surface area contributed by atoms with E-state index in [1.165, 1.54) is 12.4 Å². The number of halogens is 1. The van der Waals surface area contributed by atoms with Crippen LogP contribution in [0.1, 0.15) is 0 Å². The van der Waals surface area contributed by atoms with Gasteiger partial charge >= 0.3 is 5.97 Å². The van der Waals surface area contributed by atoms with Crippen LogP contribution in [0.2, 0.25) is 5.15 Å². The normalized spacial score (nSPS) is 9.56. The minimum Gasteiger partial charge on any atom is -0.419 e. The number of nitrogens with one attached hydrogen (secondary N) is 1. The molecule has 0 aromatic carbocycles. The Morgan fingerprint density at radius 3 is 3.00 bits per heavy atom. The predicted octanol–water partition coefficient (Wildman–Crippen LogP) is 0.940. The van der Waals surface area contributed by atoms with E-state index < -0.39 is 5.97 Å². The molecule has 2 aromatic rings. The smallest absolute Gasteiger partial charge is 0.376 e. The molecule has 0 bridgehead atoms. The van der Waals surface area contributed by atoms with Gasteiger partial charge in [-0.2, -0.15) is 0 Å². The maximum absolute atomic E-state index is 10.8. The molecule has 0 unspecified atom stereocenters. The van der Waals surface area contributed by atoms with Crippen molar-refractivity contribution in [3.8, 4) is 5.75 Å². The van der Waals surface area contributed by atoms with E-state index in [1.807, 2.05) is 0 Å². The van der Waals surface area contributed by atoms with Gasteiger partial charge in [0.05, 0.1) is 5.52 Å². The number of aromatic nitrogens is 2. The van der Waals surface area contributed by atoms with Crippen LogP contribution in [0.4, 0.5) is 0 Å². The van der Waals surface area contributed by atoms with E-state index in [9.17, 15) is 9.59 Å². The second-order valence-corrected chi connectivity index (χ2v) is 3.07. The summed E-state index contributed by atoms with van der Waals surface area (Å²) < 4.78 is 4.75. The third kappa shape index (κ3) is 2.71. The van der Waals surface area contributed by atoms with Gasteiger partial charge in [-0.1, -0.05) is 11.6 Å². The maximum Gasteiger partial charge on any atom is 0.376 e. The average Bonchev–Trinajstić information content (AvgIpc) is 2.63. The van der Waals surface area contributed by atoms with Crippen LogP contribution in [0.15, 0.2) is 18.5 Å². The number of H-pyrrole nitrogens is 1. The summed E-state index contributed by atoms with van der Waals surface area (Å²) in [5.74, 6) is -0.699. The van der Waals surface area contributed by atoms with Gasteiger partial charge in [0.15, 0.2) is 10.9 Å². The number of esters is 1. The number of rotatable bonds is 2. The van der Waals surface area contributed by atoms with Crippen molar-refractivity contribution in [1.29, 1.82) is 0 Å². The summed E-state index contributed by atoms with van der Waals surface area (Å²) in [4.78, 5) is 27.5. The standard InChI is InChI=1S/C9H5ClN2O3.K/c10-9-8-5(1-2-11-9)6(3-12-8)15-7(14)4-13;/h1-4,12H;. The second-order valence-electron chi connectivity index (χ2n) is 2.72. The first-order valence-corrected chi connectivity index (χ1v) is 4.38. The van der Waals surface area contributed by atoms with Crippen molar-refractivity contribution < 1.29 is 14.3 Å². The number of aldehydes is 1. The number of carbonyl (C=O) groups excluding carboxylic acids is 2. The summed E-state index contributed by atoms with van der Waals surface area (Å²) in [7, 11) is 0. The SMILES string of the molecule is O=CC(=O)Oc1c[nH]c2c(Cl)nccc12.[K]. The number of hydrogen-bond donors (Lipinski definition) is 1. The van der Waals surface area contributed by atoms with E-state index >= 15 is 0 Å². The number of hydrogen-bond acceptors (Lipinski definition) is 4. The van der Waals surface area contributed by atoms with Crippen molar-refractivity contribution in [2.75, 3.05) is 0 Å². The average molecular weight is 264 g/mol. The van der Waals surface area contributed by atoms with Crippen molar-refractivity contribution in [3.05, 3.63) is 23.6 Å². The Labute approximate surface area is 138 Å². The fraction of sp³-hybridized carbons (Fsp3) is 0. The van der Waals surface area contributed by atoms with Crippen LogP contribution >= 0.6 is 11.6 Å². The van der Waals surface area contributed by atoms with Gasteiger partial charge < -0.3 is 9.72 Å². The number of carbonyl (C=O) groups is 2. The molecule has 0 amide bonds. The number of fused-ring (bicyclic) bond motifs is 1. The monoisotopic (exact) mass is 263 g/mol. The van der Waals surface area contributed by atoms with Gasteiger partial charge in [0.1, 0.15) is 0 Å². The molecule has 1 N–H and O–H groups in total. The largest absolute Gasteiger partial charge is 0.419 e. The Morgan fingerprint density at radius 2 is 2.31 bits per heavy atom. The molecule has 0 saturated carbocycles. The summed E-state index contributed by atoms with van der Waals surface area (Å²) in [5.41, 5.74) is 0.563. The van der Waals surface area contributed by atoms with E-state index in [4.69, 9.17) is 16.3 Å². The quantitative estimate of drug-likeness (QED) is 0.288. The van der Waals surface area contributed by atoms with Crippen LogP contribution in [0, 0.1) is 0 Å². The molecule has 77 valence electrons. The van der Waals surface area contributed by atoms with Crippen molar-refractivity contribution in [2.24, 2.45) is 0 Å². The van der Waals surface area contributed by atoms with Gasteiger partial charge in [-0.05, 0) is 6.07 Å². The van der Waals surface area contributed by atoms with Gasteiger partial charge in [-0.15, -0.1) is 0 Å². The molecule has 0 aliphatic rings. The molecule has 0 fully saturated rings. The zero-order valence-electron chi connectivity index (χ0n) is 8.36. The van der Waals surface area contributed by atoms with Crippen LogP contribution in [0.3, 0.4) is 0 Å².